The smallest absolute Gasteiger partial charge is 0.250 e. The highest BCUT2D eigenvalue weighted by molar-refractivity contribution is 5.92. The van der Waals surface area contributed by atoms with Gasteiger partial charge in [-0.25, -0.2) is 0 Å². The fourth-order valence-electron chi connectivity index (χ4n) is 4.26. The number of piperazine rings is 1. The molecule has 35 heavy (non-hydrogen) atoms. The van der Waals surface area contributed by atoms with E-state index in [1.165, 1.54) is 11.1 Å². The highest BCUT2D eigenvalue weighted by Gasteiger charge is 2.28. The van der Waals surface area contributed by atoms with Gasteiger partial charge in [0.15, 0.2) is 0 Å². The van der Waals surface area contributed by atoms with E-state index >= 15 is 0 Å². The van der Waals surface area contributed by atoms with Gasteiger partial charge >= 0.3 is 0 Å². The molecule has 3 aromatic carbocycles. The van der Waals surface area contributed by atoms with E-state index in [0.717, 1.165) is 13.1 Å². The van der Waals surface area contributed by atoms with Crippen LogP contribution in [0.5, 0.6) is 0 Å². The van der Waals surface area contributed by atoms with Crippen LogP contribution in [-0.2, 0) is 14.3 Å². The first kappa shape index (κ1) is 24.1. The summed E-state index contributed by atoms with van der Waals surface area (Å²) in [5.74, 6) is -0.465. The Morgan fingerprint density at radius 3 is 1.94 bits per heavy atom. The predicted molar refractivity (Wildman–Crippen MR) is 133 cm³/mol. The summed E-state index contributed by atoms with van der Waals surface area (Å²) in [4.78, 5) is 28.9. The van der Waals surface area contributed by atoms with Crippen LogP contribution >= 0.6 is 0 Å². The minimum atomic E-state index is -0.346. The molecular formula is C28H28N4O3. The van der Waals surface area contributed by atoms with Crippen LogP contribution in [0.3, 0.4) is 0 Å². The highest BCUT2D eigenvalue weighted by atomic mass is 16.5. The molecule has 0 atom stereocenters. The molecule has 0 unspecified atom stereocenters. The number of carbonyl (C=O) groups is 2. The fraction of sp³-hybridized carbons (Fsp3) is 0.250. The van der Waals surface area contributed by atoms with Crippen molar-refractivity contribution < 1.29 is 14.3 Å². The van der Waals surface area contributed by atoms with Crippen molar-refractivity contribution in [3.05, 3.63) is 102 Å². The molecule has 0 aliphatic carbocycles. The van der Waals surface area contributed by atoms with Gasteiger partial charge in [0.25, 0.3) is 0 Å². The molecule has 0 saturated carbocycles. The first-order chi connectivity index (χ1) is 17.1. The molecule has 1 saturated heterocycles. The molecule has 1 fully saturated rings. The zero-order valence-electron chi connectivity index (χ0n) is 19.5. The molecule has 1 aliphatic heterocycles. The monoisotopic (exact) mass is 468 g/mol. The predicted octanol–water partition coefficient (Wildman–Crippen LogP) is 3.45. The van der Waals surface area contributed by atoms with Gasteiger partial charge in [0.05, 0.1) is 17.7 Å². The molecule has 1 N–H and O–H groups in total. The average molecular weight is 469 g/mol. The lowest BCUT2D eigenvalue weighted by atomic mass is 9.96. The third-order valence-electron chi connectivity index (χ3n) is 6.02. The third-order valence-corrected chi connectivity index (χ3v) is 6.02. The summed E-state index contributed by atoms with van der Waals surface area (Å²) in [5.41, 5.74) is 3.56. The summed E-state index contributed by atoms with van der Waals surface area (Å²) >= 11 is 0. The molecule has 0 aromatic heterocycles. The Labute approximate surface area is 205 Å². The molecule has 3 aromatic rings. The number of nitriles is 1. The second-order valence-corrected chi connectivity index (χ2v) is 8.37. The SMILES string of the molecule is N#Cc1ccc(NC(=O)COCC(=O)N2CCN(C(c3ccccc3)c3ccccc3)CC2)cc1. The van der Waals surface area contributed by atoms with Gasteiger partial charge in [-0.1, -0.05) is 60.7 Å². The molecule has 1 aliphatic rings. The van der Waals surface area contributed by atoms with Crippen LogP contribution in [-0.4, -0.2) is 61.0 Å². The molecule has 0 bridgehead atoms. The van der Waals surface area contributed by atoms with Crippen molar-refractivity contribution in [3.63, 3.8) is 0 Å². The summed E-state index contributed by atoms with van der Waals surface area (Å²) in [7, 11) is 0. The summed E-state index contributed by atoms with van der Waals surface area (Å²) in [5, 5.41) is 11.5. The first-order valence-electron chi connectivity index (χ1n) is 11.6. The maximum atomic E-state index is 12.6. The Hall–Kier alpha value is -3.99. The van der Waals surface area contributed by atoms with E-state index in [2.05, 4.69) is 58.7 Å². The number of amides is 2. The number of anilines is 1. The van der Waals surface area contributed by atoms with Crippen LogP contribution in [0.25, 0.3) is 0 Å². The third kappa shape index (κ3) is 6.54. The number of nitrogens with one attached hydrogen (secondary N) is 1. The molecular weight excluding hydrogens is 440 g/mol. The number of rotatable bonds is 8. The standard InChI is InChI=1S/C28H28N4O3/c29-19-22-11-13-25(14-12-22)30-26(33)20-35-21-27(34)31-15-17-32(18-16-31)28(23-7-3-1-4-8-23)24-9-5-2-6-10-24/h1-14,28H,15-18,20-21H2,(H,30,33). The maximum Gasteiger partial charge on any atom is 0.250 e. The van der Waals surface area contributed by atoms with Crippen LogP contribution in [0.2, 0.25) is 0 Å². The highest BCUT2D eigenvalue weighted by Crippen LogP contribution is 2.29. The van der Waals surface area contributed by atoms with Gasteiger partial charge in [-0.2, -0.15) is 5.26 Å². The zero-order chi connectivity index (χ0) is 24.5. The van der Waals surface area contributed by atoms with Gasteiger partial charge in [-0.3, -0.25) is 14.5 Å². The van der Waals surface area contributed by atoms with Gasteiger partial charge in [0.2, 0.25) is 11.8 Å². The van der Waals surface area contributed by atoms with Crippen LogP contribution in [0.4, 0.5) is 5.69 Å². The first-order valence-corrected chi connectivity index (χ1v) is 11.6. The van der Waals surface area contributed by atoms with Gasteiger partial charge in [-0.15, -0.1) is 0 Å². The molecule has 0 spiro atoms. The lowest BCUT2D eigenvalue weighted by Crippen LogP contribution is -2.50. The maximum absolute atomic E-state index is 12.6. The number of hydrogen-bond acceptors (Lipinski definition) is 5. The van der Waals surface area contributed by atoms with E-state index in [-0.39, 0.29) is 31.1 Å². The van der Waals surface area contributed by atoms with Crippen LogP contribution in [0, 0.1) is 11.3 Å². The Kier molecular flexibility index (Phi) is 8.23. The Morgan fingerprint density at radius 2 is 1.40 bits per heavy atom. The second kappa shape index (κ2) is 11.9. The van der Waals surface area contributed by atoms with E-state index in [4.69, 9.17) is 10.00 Å². The molecule has 4 rings (SSSR count). The van der Waals surface area contributed by atoms with E-state index in [9.17, 15) is 9.59 Å². The van der Waals surface area contributed by atoms with Crippen LogP contribution in [0.1, 0.15) is 22.7 Å². The van der Waals surface area contributed by atoms with Crippen LogP contribution < -0.4 is 5.32 Å². The van der Waals surface area contributed by atoms with Gasteiger partial charge in [-0.05, 0) is 35.4 Å². The van der Waals surface area contributed by atoms with E-state index in [1.807, 2.05) is 18.2 Å². The normalized spacial score (nSPS) is 13.9. The molecule has 7 heteroatoms. The van der Waals surface area contributed by atoms with E-state index < -0.39 is 0 Å². The van der Waals surface area contributed by atoms with E-state index in [0.29, 0.717) is 24.3 Å². The lowest BCUT2D eigenvalue weighted by Gasteiger charge is -2.39. The van der Waals surface area contributed by atoms with Crippen LogP contribution in [0.15, 0.2) is 84.9 Å². The summed E-state index contributed by atoms with van der Waals surface area (Å²) in [6.07, 6.45) is 0. The topological polar surface area (TPSA) is 85.7 Å². The summed E-state index contributed by atoms with van der Waals surface area (Å²) < 4.78 is 5.37. The minimum Gasteiger partial charge on any atom is -0.362 e. The number of carbonyl (C=O) groups excluding carboxylic acids is 2. The van der Waals surface area contributed by atoms with Gasteiger partial charge in [0, 0.05) is 31.9 Å². The van der Waals surface area contributed by atoms with Crippen molar-refractivity contribution in [1.29, 1.82) is 5.26 Å². The number of nitrogens with zero attached hydrogens (tertiary/aromatic N) is 3. The quantitative estimate of drug-likeness (QED) is 0.547. The van der Waals surface area contributed by atoms with Crippen molar-refractivity contribution in [2.75, 3.05) is 44.7 Å². The number of ether oxygens (including phenoxy) is 1. The molecule has 0 radical (unpaired) electrons. The zero-order valence-corrected chi connectivity index (χ0v) is 19.5. The lowest BCUT2D eigenvalue weighted by molar-refractivity contribution is -0.139. The summed E-state index contributed by atoms with van der Waals surface area (Å²) in [6.45, 7) is 2.36. The number of hydrogen-bond donors (Lipinski definition) is 1. The Balaban J connectivity index is 1.25. The molecule has 2 amide bonds. The Bertz CT molecular complexity index is 1110. The Morgan fingerprint density at radius 1 is 0.829 bits per heavy atom. The second-order valence-electron chi connectivity index (χ2n) is 8.37. The number of benzene rings is 3. The largest absolute Gasteiger partial charge is 0.362 e. The molecule has 178 valence electrons. The summed E-state index contributed by atoms with van der Waals surface area (Å²) in [6, 6.07) is 29.6. The van der Waals surface area contributed by atoms with Gasteiger partial charge < -0.3 is 15.0 Å². The van der Waals surface area contributed by atoms with Crippen molar-refractivity contribution in [3.8, 4) is 6.07 Å². The molecule has 7 nitrogen and oxygen atoms in total. The average Bonchev–Trinajstić information content (AvgIpc) is 2.91. The van der Waals surface area contributed by atoms with Crippen molar-refractivity contribution in [1.82, 2.24) is 9.80 Å². The molecule has 1 heterocycles. The van der Waals surface area contributed by atoms with Crippen molar-refractivity contribution >= 4 is 17.5 Å². The van der Waals surface area contributed by atoms with Crippen molar-refractivity contribution in [2.24, 2.45) is 0 Å². The van der Waals surface area contributed by atoms with E-state index in [1.54, 1.807) is 29.2 Å². The minimum absolute atomic E-state index is 0.119. The fourth-order valence-corrected chi connectivity index (χ4v) is 4.26. The van der Waals surface area contributed by atoms with Crippen molar-refractivity contribution in [2.45, 2.75) is 6.04 Å². The van der Waals surface area contributed by atoms with Gasteiger partial charge in [0.1, 0.15) is 13.2 Å².